The summed E-state index contributed by atoms with van der Waals surface area (Å²) in [5.41, 5.74) is 1.24. The van der Waals surface area contributed by atoms with Gasteiger partial charge in [-0.3, -0.25) is 0 Å². The molecular formula is C15H26O2Si. The summed E-state index contributed by atoms with van der Waals surface area (Å²) >= 11 is 0. The lowest BCUT2D eigenvalue weighted by Gasteiger charge is -2.16. The van der Waals surface area contributed by atoms with E-state index in [1.54, 1.807) is 0 Å². The van der Waals surface area contributed by atoms with Crippen LogP contribution < -0.4 is 5.19 Å². The second-order valence-corrected chi connectivity index (χ2v) is 10.7. The van der Waals surface area contributed by atoms with Gasteiger partial charge in [-0.05, 0) is 12.0 Å². The van der Waals surface area contributed by atoms with Gasteiger partial charge in [0, 0.05) is 6.61 Å². The lowest BCUT2D eigenvalue weighted by molar-refractivity contribution is 0.0408. The molecular weight excluding hydrogens is 240 g/mol. The van der Waals surface area contributed by atoms with E-state index in [0.29, 0.717) is 19.8 Å². The molecule has 0 saturated heterocycles. The van der Waals surface area contributed by atoms with Gasteiger partial charge in [0.05, 0.1) is 27.9 Å². The Bertz CT molecular complexity index is 327. The Labute approximate surface area is 112 Å². The minimum Gasteiger partial charge on any atom is -0.379 e. The third-order valence-corrected chi connectivity index (χ3v) is 4.87. The van der Waals surface area contributed by atoms with Crippen LogP contribution in [0.2, 0.25) is 19.6 Å². The van der Waals surface area contributed by atoms with Gasteiger partial charge in [-0.1, -0.05) is 56.0 Å². The van der Waals surface area contributed by atoms with Gasteiger partial charge >= 0.3 is 0 Å². The van der Waals surface area contributed by atoms with Gasteiger partial charge < -0.3 is 9.47 Å². The molecule has 1 aromatic rings. The normalized spacial score (nSPS) is 11.8. The third kappa shape index (κ3) is 5.80. The van der Waals surface area contributed by atoms with E-state index in [9.17, 15) is 0 Å². The first-order valence-electron chi connectivity index (χ1n) is 6.79. The third-order valence-electron chi connectivity index (χ3n) is 2.81. The molecule has 0 saturated carbocycles. The van der Waals surface area contributed by atoms with E-state index in [2.05, 4.69) is 50.8 Å². The van der Waals surface area contributed by atoms with Crippen LogP contribution in [0.25, 0.3) is 0 Å². The van der Waals surface area contributed by atoms with Crippen molar-refractivity contribution < 1.29 is 9.47 Å². The van der Waals surface area contributed by atoms with Crippen molar-refractivity contribution in [3.63, 3.8) is 0 Å². The van der Waals surface area contributed by atoms with Crippen molar-refractivity contribution in [2.45, 2.75) is 39.6 Å². The molecule has 0 heterocycles. The average Bonchev–Trinajstić information content (AvgIpc) is 2.33. The fourth-order valence-electron chi connectivity index (χ4n) is 1.66. The predicted molar refractivity (Wildman–Crippen MR) is 80.2 cm³/mol. The number of rotatable bonds is 8. The van der Waals surface area contributed by atoms with E-state index >= 15 is 0 Å². The van der Waals surface area contributed by atoms with Crippen molar-refractivity contribution >= 4 is 13.3 Å². The van der Waals surface area contributed by atoms with Crippen molar-refractivity contribution in [1.82, 2.24) is 0 Å². The standard InChI is InChI=1S/C15H26O2Si/c1-5-10-16-11-12-17-13-14-6-8-15(9-7-14)18(2,3)4/h6-9H,5,10-13H2,1-4H3. The maximum atomic E-state index is 5.58. The van der Waals surface area contributed by atoms with Crippen LogP contribution in [0.4, 0.5) is 0 Å². The van der Waals surface area contributed by atoms with Crippen LogP contribution in [0.5, 0.6) is 0 Å². The topological polar surface area (TPSA) is 18.5 Å². The van der Waals surface area contributed by atoms with Crippen LogP contribution >= 0.6 is 0 Å². The summed E-state index contributed by atoms with van der Waals surface area (Å²) in [5, 5.41) is 1.50. The molecule has 0 fully saturated rings. The molecule has 0 amide bonds. The molecule has 102 valence electrons. The van der Waals surface area contributed by atoms with E-state index in [0.717, 1.165) is 13.0 Å². The van der Waals surface area contributed by atoms with Crippen molar-refractivity contribution in [2.75, 3.05) is 19.8 Å². The zero-order valence-electron chi connectivity index (χ0n) is 12.2. The second kappa shape index (κ2) is 7.72. The smallest absolute Gasteiger partial charge is 0.0775 e. The highest BCUT2D eigenvalue weighted by molar-refractivity contribution is 6.88. The molecule has 0 aliphatic heterocycles. The molecule has 0 bridgehead atoms. The fraction of sp³-hybridized carbons (Fsp3) is 0.600. The molecule has 0 aliphatic rings. The zero-order chi connectivity index (χ0) is 13.4. The molecule has 0 aliphatic carbocycles. The van der Waals surface area contributed by atoms with Crippen LogP contribution in [-0.2, 0) is 16.1 Å². The molecule has 1 rings (SSSR count). The number of hydrogen-bond acceptors (Lipinski definition) is 2. The molecule has 0 spiro atoms. The second-order valence-electron chi connectivity index (χ2n) is 5.61. The SMILES string of the molecule is CCCOCCOCc1ccc([Si](C)(C)C)cc1. The van der Waals surface area contributed by atoms with Crippen molar-refractivity contribution in [3.8, 4) is 0 Å². The molecule has 0 N–H and O–H groups in total. The minimum absolute atomic E-state index is 0.676. The Morgan fingerprint density at radius 1 is 0.889 bits per heavy atom. The fourth-order valence-corrected chi connectivity index (χ4v) is 2.82. The molecule has 0 atom stereocenters. The largest absolute Gasteiger partial charge is 0.379 e. The van der Waals surface area contributed by atoms with Gasteiger partial charge in [-0.25, -0.2) is 0 Å². The summed E-state index contributed by atoms with van der Waals surface area (Å²) < 4.78 is 10.9. The van der Waals surface area contributed by atoms with Crippen LogP contribution in [0, 0.1) is 0 Å². The Morgan fingerprint density at radius 3 is 2.06 bits per heavy atom. The van der Waals surface area contributed by atoms with Gasteiger partial charge in [-0.15, -0.1) is 0 Å². The molecule has 1 aromatic carbocycles. The highest BCUT2D eigenvalue weighted by atomic mass is 28.3. The number of ether oxygens (including phenoxy) is 2. The minimum atomic E-state index is -1.17. The highest BCUT2D eigenvalue weighted by Gasteiger charge is 2.15. The zero-order valence-corrected chi connectivity index (χ0v) is 13.2. The Morgan fingerprint density at radius 2 is 1.50 bits per heavy atom. The maximum Gasteiger partial charge on any atom is 0.0775 e. The Kier molecular flexibility index (Phi) is 6.61. The summed E-state index contributed by atoms with van der Waals surface area (Å²) in [6.07, 6.45) is 1.07. The van der Waals surface area contributed by atoms with Gasteiger partial charge in [0.2, 0.25) is 0 Å². The molecule has 0 unspecified atom stereocenters. The Hall–Kier alpha value is -0.643. The average molecular weight is 266 g/mol. The van der Waals surface area contributed by atoms with Gasteiger partial charge in [-0.2, -0.15) is 0 Å². The van der Waals surface area contributed by atoms with Gasteiger partial charge in [0.1, 0.15) is 0 Å². The summed E-state index contributed by atoms with van der Waals surface area (Å²) in [4.78, 5) is 0. The lowest BCUT2D eigenvalue weighted by Crippen LogP contribution is -2.37. The molecule has 0 radical (unpaired) electrons. The number of benzene rings is 1. The quantitative estimate of drug-likeness (QED) is 0.531. The highest BCUT2D eigenvalue weighted by Crippen LogP contribution is 2.05. The summed E-state index contributed by atoms with van der Waals surface area (Å²) in [6, 6.07) is 8.86. The summed E-state index contributed by atoms with van der Waals surface area (Å²) in [5.74, 6) is 0. The lowest BCUT2D eigenvalue weighted by atomic mass is 10.2. The van der Waals surface area contributed by atoms with Crippen LogP contribution in [0.15, 0.2) is 24.3 Å². The first-order valence-corrected chi connectivity index (χ1v) is 10.3. The maximum absolute atomic E-state index is 5.58. The van der Waals surface area contributed by atoms with E-state index in [4.69, 9.17) is 9.47 Å². The summed E-state index contributed by atoms with van der Waals surface area (Å²) in [6.45, 7) is 12.1. The number of hydrogen-bond donors (Lipinski definition) is 0. The van der Waals surface area contributed by atoms with Gasteiger partial charge in [0.25, 0.3) is 0 Å². The molecule has 18 heavy (non-hydrogen) atoms. The molecule has 3 heteroatoms. The van der Waals surface area contributed by atoms with E-state index in [1.165, 1.54) is 10.8 Å². The van der Waals surface area contributed by atoms with E-state index in [1.807, 2.05) is 0 Å². The van der Waals surface area contributed by atoms with Crippen molar-refractivity contribution in [1.29, 1.82) is 0 Å². The Balaban J connectivity index is 2.27. The van der Waals surface area contributed by atoms with Crippen LogP contribution in [0.1, 0.15) is 18.9 Å². The first-order chi connectivity index (χ1) is 8.54. The van der Waals surface area contributed by atoms with E-state index < -0.39 is 8.07 Å². The van der Waals surface area contributed by atoms with Crippen molar-refractivity contribution in [2.24, 2.45) is 0 Å². The van der Waals surface area contributed by atoms with E-state index in [-0.39, 0.29) is 0 Å². The van der Waals surface area contributed by atoms with Crippen molar-refractivity contribution in [3.05, 3.63) is 29.8 Å². The summed E-state index contributed by atoms with van der Waals surface area (Å²) in [7, 11) is -1.17. The van der Waals surface area contributed by atoms with Gasteiger partial charge in [0.15, 0.2) is 0 Å². The molecule has 2 nitrogen and oxygen atoms in total. The predicted octanol–water partition coefficient (Wildman–Crippen LogP) is 3.18. The van der Waals surface area contributed by atoms with Crippen LogP contribution in [0.3, 0.4) is 0 Å². The first kappa shape index (κ1) is 15.4. The monoisotopic (exact) mass is 266 g/mol. The molecule has 0 aromatic heterocycles. The van der Waals surface area contributed by atoms with Crippen LogP contribution in [-0.4, -0.2) is 27.9 Å².